The van der Waals surface area contributed by atoms with Gasteiger partial charge in [-0.3, -0.25) is 19.3 Å². The number of carbonyl (C=O) groups is 3. The van der Waals surface area contributed by atoms with Crippen molar-refractivity contribution < 1.29 is 14.4 Å². The first-order valence-electron chi connectivity index (χ1n) is 10.6. The van der Waals surface area contributed by atoms with Crippen molar-refractivity contribution >= 4 is 34.6 Å². The van der Waals surface area contributed by atoms with E-state index in [4.69, 9.17) is 0 Å². The number of imide groups is 1. The summed E-state index contributed by atoms with van der Waals surface area (Å²) in [5, 5.41) is 2.68. The smallest absolute Gasteiger partial charge is 0.289 e. The lowest BCUT2D eigenvalue weighted by Crippen LogP contribution is -2.28. The Morgan fingerprint density at radius 1 is 1.03 bits per heavy atom. The number of hydrogen-bond acceptors (Lipinski definition) is 6. The highest BCUT2D eigenvalue weighted by molar-refractivity contribution is 8.14. The molecule has 8 heteroatoms. The topological polar surface area (TPSA) is 82.6 Å². The van der Waals surface area contributed by atoms with Gasteiger partial charge in [-0.1, -0.05) is 42.8 Å². The van der Waals surface area contributed by atoms with Crippen molar-refractivity contribution in [2.45, 2.75) is 38.8 Å². The van der Waals surface area contributed by atoms with Gasteiger partial charge in [0.25, 0.3) is 11.1 Å². The fourth-order valence-corrected chi connectivity index (χ4v) is 4.54. The summed E-state index contributed by atoms with van der Waals surface area (Å²) in [4.78, 5) is 44.3. The first kappa shape index (κ1) is 21.4. The molecule has 3 amide bonds. The van der Waals surface area contributed by atoms with Crippen LogP contribution in [0.15, 0.2) is 42.6 Å². The van der Waals surface area contributed by atoms with E-state index in [0.717, 1.165) is 41.8 Å². The molecule has 0 aliphatic carbocycles. The lowest BCUT2D eigenvalue weighted by Gasteiger charge is -2.21. The molecule has 1 aromatic heterocycles. The second-order valence-corrected chi connectivity index (χ2v) is 8.77. The van der Waals surface area contributed by atoms with Crippen molar-refractivity contribution in [1.82, 2.24) is 15.2 Å². The zero-order chi connectivity index (χ0) is 21.6. The van der Waals surface area contributed by atoms with Crippen LogP contribution in [0.4, 0.5) is 10.6 Å². The van der Waals surface area contributed by atoms with Gasteiger partial charge in [-0.15, -0.1) is 0 Å². The van der Waals surface area contributed by atoms with Crippen molar-refractivity contribution in [2.24, 2.45) is 0 Å². The molecular formula is C23H26N4O3S. The second kappa shape index (κ2) is 9.96. The van der Waals surface area contributed by atoms with Gasteiger partial charge in [0.05, 0.1) is 12.3 Å². The minimum atomic E-state index is -0.240. The van der Waals surface area contributed by atoms with E-state index in [9.17, 15) is 14.4 Å². The first-order chi connectivity index (χ1) is 15.1. The summed E-state index contributed by atoms with van der Waals surface area (Å²) >= 11 is 1.01. The third-order valence-corrected chi connectivity index (χ3v) is 6.42. The number of carbonyl (C=O) groups excluding carboxylic acids is 3. The molecule has 31 heavy (non-hydrogen) atoms. The maximum atomic E-state index is 12.6. The molecule has 0 atom stereocenters. The SMILES string of the molecule is O=C(NCc1ccc(N2CCCCCC2)nc1)c1cccc(CN2C(=O)CSC2=O)c1. The number of rotatable bonds is 6. The van der Waals surface area contributed by atoms with E-state index in [1.165, 1.54) is 30.6 Å². The number of nitrogens with one attached hydrogen (secondary N) is 1. The fourth-order valence-electron chi connectivity index (χ4n) is 3.82. The molecule has 0 bridgehead atoms. The number of amides is 3. The first-order valence-corrected chi connectivity index (χ1v) is 11.6. The van der Waals surface area contributed by atoms with Crippen LogP contribution >= 0.6 is 11.8 Å². The molecule has 2 aromatic rings. The van der Waals surface area contributed by atoms with Crippen LogP contribution in [0.25, 0.3) is 0 Å². The minimum Gasteiger partial charge on any atom is -0.357 e. The second-order valence-electron chi connectivity index (χ2n) is 7.84. The molecule has 0 unspecified atom stereocenters. The molecular weight excluding hydrogens is 412 g/mol. The third-order valence-electron chi connectivity index (χ3n) is 5.56. The molecule has 1 N–H and O–H groups in total. The van der Waals surface area contributed by atoms with Crippen LogP contribution < -0.4 is 10.2 Å². The van der Waals surface area contributed by atoms with E-state index >= 15 is 0 Å². The van der Waals surface area contributed by atoms with Crippen LogP contribution in [0.3, 0.4) is 0 Å². The predicted octanol–water partition coefficient (Wildman–Crippen LogP) is 3.59. The maximum Gasteiger partial charge on any atom is 0.289 e. The van der Waals surface area contributed by atoms with Gasteiger partial charge in [0.2, 0.25) is 5.91 Å². The van der Waals surface area contributed by atoms with Crippen LogP contribution in [0.5, 0.6) is 0 Å². The highest BCUT2D eigenvalue weighted by Crippen LogP contribution is 2.22. The zero-order valence-corrected chi connectivity index (χ0v) is 18.2. The number of hydrogen-bond donors (Lipinski definition) is 1. The Balaban J connectivity index is 1.33. The van der Waals surface area contributed by atoms with Crippen molar-refractivity contribution in [1.29, 1.82) is 0 Å². The summed E-state index contributed by atoms with van der Waals surface area (Å²) in [6, 6.07) is 11.1. The highest BCUT2D eigenvalue weighted by Gasteiger charge is 2.29. The molecule has 162 valence electrons. The molecule has 0 saturated carbocycles. The Hall–Kier alpha value is -2.87. The van der Waals surface area contributed by atoms with Gasteiger partial charge in [0.1, 0.15) is 5.82 Å². The van der Waals surface area contributed by atoms with E-state index in [0.29, 0.717) is 12.1 Å². The fraction of sp³-hybridized carbons (Fsp3) is 0.391. The van der Waals surface area contributed by atoms with Crippen LogP contribution in [0, 0.1) is 0 Å². The Labute approximate surface area is 186 Å². The van der Waals surface area contributed by atoms with Crippen molar-refractivity contribution in [3.05, 3.63) is 59.3 Å². The van der Waals surface area contributed by atoms with Gasteiger partial charge in [-0.25, -0.2) is 4.98 Å². The lowest BCUT2D eigenvalue weighted by atomic mass is 10.1. The monoisotopic (exact) mass is 438 g/mol. The molecule has 0 spiro atoms. The van der Waals surface area contributed by atoms with Gasteiger partial charge < -0.3 is 10.2 Å². The molecule has 3 heterocycles. The van der Waals surface area contributed by atoms with Crippen molar-refractivity contribution in [3.8, 4) is 0 Å². The Morgan fingerprint density at radius 3 is 2.52 bits per heavy atom. The minimum absolute atomic E-state index is 0.184. The Bertz CT molecular complexity index is 940. The molecule has 1 aromatic carbocycles. The predicted molar refractivity (Wildman–Crippen MR) is 121 cm³/mol. The Kier molecular flexibility index (Phi) is 6.86. The van der Waals surface area contributed by atoms with E-state index in [2.05, 4.69) is 15.2 Å². The van der Waals surface area contributed by atoms with Gasteiger partial charge in [-0.05, 0) is 42.2 Å². The number of anilines is 1. The number of benzene rings is 1. The number of nitrogens with zero attached hydrogens (tertiary/aromatic N) is 3. The van der Waals surface area contributed by atoms with E-state index in [-0.39, 0.29) is 29.4 Å². The largest absolute Gasteiger partial charge is 0.357 e. The summed E-state index contributed by atoms with van der Waals surface area (Å²) in [5.41, 5.74) is 2.19. The lowest BCUT2D eigenvalue weighted by molar-refractivity contribution is -0.125. The Morgan fingerprint density at radius 2 is 1.84 bits per heavy atom. The van der Waals surface area contributed by atoms with Crippen molar-refractivity contribution in [2.75, 3.05) is 23.7 Å². The van der Waals surface area contributed by atoms with E-state index in [1.54, 1.807) is 18.2 Å². The zero-order valence-electron chi connectivity index (χ0n) is 17.4. The van der Waals surface area contributed by atoms with E-state index in [1.807, 2.05) is 24.4 Å². The highest BCUT2D eigenvalue weighted by atomic mass is 32.2. The molecule has 2 aliphatic heterocycles. The number of thioether (sulfide) groups is 1. The van der Waals surface area contributed by atoms with E-state index < -0.39 is 0 Å². The van der Waals surface area contributed by atoms with Crippen LogP contribution in [-0.4, -0.2) is 45.8 Å². The molecule has 2 saturated heterocycles. The summed E-state index contributed by atoms with van der Waals surface area (Å²) < 4.78 is 0. The average molecular weight is 439 g/mol. The molecule has 4 rings (SSSR count). The summed E-state index contributed by atoms with van der Waals surface area (Å²) in [6.45, 7) is 2.67. The normalized spacial score (nSPS) is 17.0. The number of aromatic nitrogens is 1. The standard InChI is InChI=1S/C23H26N4O3S/c28-21-16-31-23(30)27(21)15-17-6-5-7-19(12-17)22(29)25-14-18-8-9-20(24-13-18)26-10-3-1-2-4-11-26/h5-9,12-13H,1-4,10-11,14-16H2,(H,25,29). The summed E-state index contributed by atoms with van der Waals surface area (Å²) in [6.07, 6.45) is 6.80. The quantitative estimate of drug-likeness (QED) is 0.742. The molecule has 2 fully saturated rings. The average Bonchev–Trinajstić information content (AvgIpc) is 2.99. The molecule has 0 radical (unpaired) electrons. The van der Waals surface area contributed by atoms with Crippen LogP contribution in [0.2, 0.25) is 0 Å². The maximum absolute atomic E-state index is 12.6. The summed E-state index contributed by atoms with van der Waals surface area (Å²) in [7, 11) is 0. The summed E-state index contributed by atoms with van der Waals surface area (Å²) in [5.74, 6) is 0.783. The van der Waals surface area contributed by atoms with Gasteiger partial charge in [-0.2, -0.15) is 0 Å². The van der Waals surface area contributed by atoms with Gasteiger partial charge in [0, 0.05) is 31.4 Å². The van der Waals surface area contributed by atoms with Crippen LogP contribution in [-0.2, 0) is 17.9 Å². The number of pyridine rings is 1. The molecule has 2 aliphatic rings. The van der Waals surface area contributed by atoms with Gasteiger partial charge in [0.15, 0.2) is 0 Å². The third kappa shape index (κ3) is 5.44. The molecule has 7 nitrogen and oxygen atoms in total. The van der Waals surface area contributed by atoms with Crippen LogP contribution in [0.1, 0.15) is 47.2 Å². The van der Waals surface area contributed by atoms with Crippen molar-refractivity contribution in [3.63, 3.8) is 0 Å². The van der Waals surface area contributed by atoms with Gasteiger partial charge >= 0.3 is 0 Å².